The summed E-state index contributed by atoms with van der Waals surface area (Å²) >= 11 is 0. The van der Waals surface area contributed by atoms with Crippen molar-refractivity contribution in [1.29, 1.82) is 0 Å². The zero-order chi connectivity index (χ0) is 11.3. The maximum atomic E-state index is 11.9. The van der Waals surface area contributed by atoms with Gasteiger partial charge in [0.2, 0.25) is 5.91 Å². The Hall–Kier alpha value is -0.830. The van der Waals surface area contributed by atoms with Gasteiger partial charge < -0.3 is 10.2 Å². The van der Waals surface area contributed by atoms with Crippen LogP contribution in [-0.2, 0) is 4.79 Å². The third kappa shape index (κ3) is 4.47. The van der Waals surface area contributed by atoms with E-state index >= 15 is 0 Å². The third-order valence-corrected chi connectivity index (χ3v) is 2.43. The van der Waals surface area contributed by atoms with Gasteiger partial charge in [0.15, 0.2) is 0 Å². The van der Waals surface area contributed by atoms with Gasteiger partial charge in [0, 0.05) is 19.1 Å². The maximum Gasteiger partial charge on any atom is 0.236 e. The van der Waals surface area contributed by atoms with E-state index in [1.807, 2.05) is 4.90 Å². The molecular formula is C12H22N2O. The summed E-state index contributed by atoms with van der Waals surface area (Å²) in [5, 5.41) is 3.06. The van der Waals surface area contributed by atoms with Gasteiger partial charge in [0.25, 0.3) is 0 Å². The highest BCUT2D eigenvalue weighted by Gasteiger charge is 2.32. The molecule has 0 atom stereocenters. The molecule has 1 amide bonds. The second-order valence-electron chi connectivity index (χ2n) is 4.59. The molecule has 1 rings (SSSR count). The zero-order valence-corrected chi connectivity index (χ0v) is 9.83. The Morgan fingerprint density at radius 3 is 2.73 bits per heavy atom. The van der Waals surface area contributed by atoms with Gasteiger partial charge in [-0.25, -0.2) is 0 Å². The Kier molecular flexibility index (Phi) is 4.82. The molecule has 0 saturated heterocycles. The molecule has 1 aliphatic carbocycles. The van der Waals surface area contributed by atoms with Gasteiger partial charge in [0.1, 0.15) is 0 Å². The Morgan fingerprint density at radius 2 is 2.27 bits per heavy atom. The summed E-state index contributed by atoms with van der Waals surface area (Å²) in [5.41, 5.74) is 0. The van der Waals surface area contributed by atoms with Crippen molar-refractivity contribution in [1.82, 2.24) is 10.2 Å². The van der Waals surface area contributed by atoms with Crippen LogP contribution in [0.25, 0.3) is 0 Å². The minimum Gasteiger partial charge on any atom is -0.338 e. The second-order valence-corrected chi connectivity index (χ2v) is 4.59. The van der Waals surface area contributed by atoms with E-state index in [1.54, 1.807) is 6.08 Å². The van der Waals surface area contributed by atoms with E-state index < -0.39 is 0 Å². The molecular weight excluding hydrogens is 188 g/mol. The Balaban J connectivity index is 2.33. The van der Waals surface area contributed by atoms with E-state index in [4.69, 9.17) is 0 Å². The van der Waals surface area contributed by atoms with Crippen molar-refractivity contribution < 1.29 is 4.79 Å². The van der Waals surface area contributed by atoms with Crippen molar-refractivity contribution >= 4 is 5.91 Å². The van der Waals surface area contributed by atoms with E-state index in [0.717, 1.165) is 6.54 Å². The normalized spacial score (nSPS) is 15.4. The first-order valence-corrected chi connectivity index (χ1v) is 5.76. The van der Waals surface area contributed by atoms with Crippen LogP contribution in [0.1, 0.15) is 26.7 Å². The van der Waals surface area contributed by atoms with Crippen LogP contribution in [-0.4, -0.2) is 36.5 Å². The number of nitrogens with zero attached hydrogens (tertiary/aromatic N) is 1. The predicted octanol–water partition coefficient (Wildman–Crippen LogP) is 1.41. The molecule has 1 fully saturated rings. The third-order valence-electron chi connectivity index (χ3n) is 2.43. The monoisotopic (exact) mass is 210 g/mol. The predicted molar refractivity (Wildman–Crippen MR) is 62.6 cm³/mol. The molecule has 0 unspecified atom stereocenters. The van der Waals surface area contributed by atoms with Crippen molar-refractivity contribution in [3.05, 3.63) is 12.7 Å². The maximum absolute atomic E-state index is 11.9. The van der Waals surface area contributed by atoms with Gasteiger partial charge in [-0.3, -0.25) is 4.79 Å². The van der Waals surface area contributed by atoms with Crippen LogP contribution in [0, 0.1) is 5.92 Å². The van der Waals surface area contributed by atoms with E-state index in [2.05, 4.69) is 25.7 Å². The van der Waals surface area contributed by atoms with E-state index in [9.17, 15) is 4.79 Å². The average molecular weight is 210 g/mol. The lowest BCUT2D eigenvalue weighted by Crippen LogP contribution is -2.41. The summed E-state index contributed by atoms with van der Waals surface area (Å²) < 4.78 is 0. The highest BCUT2D eigenvalue weighted by atomic mass is 16.2. The highest BCUT2D eigenvalue weighted by Crippen LogP contribution is 2.27. The van der Waals surface area contributed by atoms with Crippen LogP contribution in [0.3, 0.4) is 0 Å². The first-order chi connectivity index (χ1) is 7.15. The summed E-state index contributed by atoms with van der Waals surface area (Å²) in [6.07, 6.45) is 4.14. The number of rotatable bonds is 7. The zero-order valence-electron chi connectivity index (χ0n) is 9.83. The fourth-order valence-electron chi connectivity index (χ4n) is 1.62. The fourth-order valence-corrected chi connectivity index (χ4v) is 1.62. The van der Waals surface area contributed by atoms with Gasteiger partial charge in [-0.2, -0.15) is 0 Å². The topological polar surface area (TPSA) is 32.3 Å². The molecule has 15 heavy (non-hydrogen) atoms. The number of nitrogens with one attached hydrogen (secondary N) is 1. The number of carbonyl (C=O) groups excluding carboxylic acids is 1. The van der Waals surface area contributed by atoms with Crippen molar-refractivity contribution in [2.45, 2.75) is 32.7 Å². The minimum absolute atomic E-state index is 0.230. The SMILES string of the molecule is C=CCNCC(=O)N(CC(C)C)C1CC1. The molecule has 0 spiro atoms. The molecule has 1 aliphatic rings. The van der Waals surface area contributed by atoms with Crippen LogP contribution >= 0.6 is 0 Å². The van der Waals surface area contributed by atoms with Crippen molar-refractivity contribution in [2.75, 3.05) is 19.6 Å². The molecule has 3 heteroatoms. The number of hydrogen-bond donors (Lipinski definition) is 1. The largest absolute Gasteiger partial charge is 0.338 e. The molecule has 0 aromatic heterocycles. The molecule has 0 aromatic carbocycles. The van der Waals surface area contributed by atoms with Crippen LogP contribution in [0.4, 0.5) is 0 Å². The van der Waals surface area contributed by atoms with Crippen molar-refractivity contribution in [3.63, 3.8) is 0 Å². The molecule has 0 aromatic rings. The lowest BCUT2D eigenvalue weighted by molar-refractivity contribution is -0.131. The summed E-state index contributed by atoms with van der Waals surface area (Å²) in [6, 6.07) is 0.519. The number of carbonyl (C=O) groups is 1. The fraction of sp³-hybridized carbons (Fsp3) is 0.750. The first kappa shape index (κ1) is 12.2. The Bertz CT molecular complexity index is 222. The molecule has 3 nitrogen and oxygen atoms in total. The van der Waals surface area contributed by atoms with Gasteiger partial charge in [-0.15, -0.1) is 6.58 Å². The summed E-state index contributed by atoms with van der Waals surface area (Å²) in [7, 11) is 0. The molecule has 0 heterocycles. The standard InChI is InChI=1S/C12H22N2O/c1-4-7-13-8-12(15)14(9-10(2)3)11-5-6-11/h4,10-11,13H,1,5-9H2,2-3H3. The van der Waals surface area contributed by atoms with E-state index in [-0.39, 0.29) is 5.91 Å². The van der Waals surface area contributed by atoms with Crippen molar-refractivity contribution in [3.8, 4) is 0 Å². The Labute approximate surface area is 92.5 Å². The molecule has 0 radical (unpaired) electrons. The quantitative estimate of drug-likeness (QED) is 0.509. The Morgan fingerprint density at radius 1 is 1.60 bits per heavy atom. The van der Waals surface area contributed by atoms with Gasteiger partial charge in [-0.1, -0.05) is 19.9 Å². The van der Waals surface area contributed by atoms with Crippen molar-refractivity contribution in [2.24, 2.45) is 5.92 Å². The summed E-state index contributed by atoms with van der Waals surface area (Å²) in [5.74, 6) is 0.780. The van der Waals surface area contributed by atoms with E-state index in [1.165, 1.54) is 12.8 Å². The van der Waals surface area contributed by atoms with Crippen LogP contribution in [0.5, 0.6) is 0 Å². The van der Waals surface area contributed by atoms with Crippen LogP contribution in [0.2, 0.25) is 0 Å². The second kappa shape index (κ2) is 5.91. The minimum atomic E-state index is 0.230. The molecule has 1 saturated carbocycles. The summed E-state index contributed by atoms with van der Waals surface area (Å²) in [4.78, 5) is 13.9. The first-order valence-electron chi connectivity index (χ1n) is 5.76. The molecule has 86 valence electrons. The molecule has 0 bridgehead atoms. The van der Waals surface area contributed by atoms with Gasteiger partial charge in [-0.05, 0) is 18.8 Å². The van der Waals surface area contributed by atoms with E-state index in [0.29, 0.717) is 25.0 Å². The lowest BCUT2D eigenvalue weighted by atomic mass is 10.2. The smallest absolute Gasteiger partial charge is 0.236 e. The van der Waals surface area contributed by atoms with Crippen LogP contribution < -0.4 is 5.32 Å². The number of hydrogen-bond acceptors (Lipinski definition) is 2. The van der Waals surface area contributed by atoms with Gasteiger partial charge in [0.05, 0.1) is 6.54 Å². The number of amides is 1. The molecule has 0 aliphatic heterocycles. The van der Waals surface area contributed by atoms with Crippen LogP contribution in [0.15, 0.2) is 12.7 Å². The average Bonchev–Trinajstić information content (AvgIpc) is 2.97. The lowest BCUT2D eigenvalue weighted by Gasteiger charge is -2.24. The summed E-state index contributed by atoms with van der Waals surface area (Å²) in [6.45, 7) is 9.94. The highest BCUT2D eigenvalue weighted by molar-refractivity contribution is 5.79. The molecule has 1 N–H and O–H groups in total. The van der Waals surface area contributed by atoms with Gasteiger partial charge >= 0.3 is 0 Å².